The van der Waals surface area contributed by atoms with Gasteiger partial charge in [-0.2, -0.15) is 0 Å². The van der Waals surface area contributed by atoms with Crippen molar-refractivity contribution in [2.45, 2.75) is 40.3 Å². The highest BCUT2D eigenvalue weighted by atomic mass is 14.9. The first kappa shape index (κ1) is 13.8. The van der Waals surface area contributed by atoms with E-state index >= 15 is 0 Å². The number of hydrogen-bond donors (Lipinski definition) is 1. The third-order valence-electron chi connectivity index (χ3n) is 3.56. The highest BCUT2D eigenvalue weighted by molar-refractivity contribution is 5.37. The van der Waals surface area contributed by atoms with Crippen molar-refractivity contribution in [1.82, 2.24) is 10.3 Å². The summed E-state index contributed by atoms with van der Waals surface area (Å²) in [4.78, 5) is 4.39. The molecule has 0 bridgehead atoms. The minimum Gasteiger partial charge on any atom is -0.305 e. The third kappa shape index (κ3) is 3.42. The molecule has 100 valence electrons. The standard InChI is InChI=1S/C17H22N2/c1-12-9-13(2)16(14(3)10-12)11-19-15(4)17-7-5-6-8-18-17/h5-10,15,19H,11H2,1-4H3/t15-/m0/s1. The van der Waals surface area contributed by atoms with Gasteiger partial charge in [0.2, 0.25) is 0 Å². The van der Waals surface area contributed by atoms with Crippen molar-refractivity contribution in [2.24, 2.45) is 0 Å². The van der Waals surface area contributed by atoms with Crippen molar-refractivity contribution in [1.29, 1.82) is 0 Å². The Balaban J connectivity index is 2.07. The Labute approximate surface area is 115 Å². The summed E-state index contributed by atoms with van der Waals surface area (Å²) in [5, 5.41) is 3.55. The van der Waals surface area contributed by atoms with Crippen LogP contribution in [0.2, 0.25) is 0 Å². The lowest BCUT2D eigenvalue weighted by Gasteiger charge is -2.16. The summed E-state index contributed by atoms with van der Waals surface area (Å²) in [6, 6.07) is 10.8. The van der Waals surface area contributed by atoms with E-state index in [1.165, 1.54) is 22.3 Å². The molecule has 1 aromatic carbocycles. The summed E-state index contributed by atoms with van der Waals surface area (Å²) in [5.74, 6) is 0. The van der Waals surface area contributed by atoms with E-state index in [0.717, 1.165) is 12.2 Å². The van der Waals surface area contributed by atoms with E-state index in [2.05, 4.69) is 56.2 Å². The third-order valence-corrected chi connectivity index (χ3v) is 3.56. The fraction of sp³-hybridized carbons (Fsp3) is 0.353. The number of aromatic nitrogens is 1. The van der Waals surface area contributed by atoms with Gasteiger partial charge in [-0.05, 0) is 56.5 Å². The Morgan fingerprint density at radius 1 is 1.11 bits per heavy atom. The van der Waals surface area contributed by atoms with Crippen LogP contribution in [0, 0.1) is 20.8 Å². The molecule has 0 aliphatic heterocycles. The van der Waals surface area contributed by atoms with Gasteiger partial charge in [-0.15, -0.1) is 0 Å². The summed E-state index contributed by atoms with van der Waals surface area (Å²) in [6.45, 7) is 9.55. The van der Waals surface area contributed by atoms with Crippen LogP contribution in [-0.2, 0) is 6.54 Å². The maximum atomic E-state index is 4.39. The number of pyridine rings is 1. The van der Waals surface area contributed by atoms with Crippen LogP contribution in [-0.4, -0.2) is 4.98 Å². The molecule has 2 heteroatoms. The number of hydrogen-bond acceptors (Lipinski definition) is 2. The Morgan fingerprint density at radius 3 is 2.37 bits per heavy atom. The van der Waals surface area contributed by atoms with E-state index in [0.29, 0.717) is 0 Å². The molecule has 0 unspecified atom stereocenters. The second-order valence-corrected chi connectivity index (χ2v) is 5.23. The predicted molar refractivity (Wildman–Crippen MR) is 80.1 cm³/mol. The number of benzene rings is 1. The molecule has 1 N–H and O–H groups in total. The molecule has 0 spiro atoms. The Kier molecular flexibility index (Phi) is 4.33. The molecular weight excluding hydrogens is 232 g/mol. The smallest absolute Gasteiger partial charge is 0.0570 e. The van der Waals surface area contributed by atoms with Crippen LogP contribution in [0.1, 0.15) is 40.9 Å². The maximum absolute atomic E-state index is 4.39. The molecule has 0 radical (unpaired) electrons. The van der Waals surface area contributed by atoms with E-state index in [1.54, 1.807) is 0 Å². The summed E-state index contributed by atoms with van der Waals surface area (Å²) in [6.07, 6.45) is 1.84. The molecule has 1 atom stereocenters. The van der Waals surface area contributed by atoms with Crippen LogP contribution < -0.4 is 5.32 Å². The van der Waals surface area contributed by atoms with Gasteiger partial charge in [-0.1, -0.05) is 23.8 Å². The molecule has 0 saturated carbocycles. The van der Waals surface area contributed by atoms with Crippen molar-refractivity contribution in [2.75, 3.05) is 0 Å². The molecule has 2 nitrogen and oxygen atoms in total. The zero-order valence-electron chi connectivity index (χ0n) is 12.2. The Bertz CT molecular complexity index is 523. The second-order valence-electron chi connectivity index (χ2n) is 5.23. The van der Waals surface area contributed by atoms with Gasteiger partial charge in [0.1, 0.15) is 0 Å². The lowest BCUT2D eigenvalue weighted by molar-refractivity contribution is 0.559. The molecule has 0 aliphatic carbocycles. The topological polar surface area (TPSA) is 24.9 Å². The van der Waals surface area contributed by atoms with E-state index in [1.807, 2.05) is 18.3 Å². The van der Waals surface area contributed by atoms with Crippen molar-refractivity contribution < 1.29 is 0 Å². The van der Waals surface area contributed by atoms with E-state index in [4.69, 9.17) is 0 Å². The van der Waals surface area contributed by atoms with E-state index in [-0.39, 0.29) is 6.04 Å². The molecule has 1 heterocycles. The zero-order chi connectivity index (χ0) is 13.8. The minimum atomic E-state index is 0.265. The Morgan fingerprint density at radius 2 is 1.79 bits per heavy atom. The van der Waals surface area contributed by atoms with Gasteiger partial charge < -0.3 is 5.32 Å². The summed E-state index contributed by atoms with van der Waals surface area (Å²) in [5.41, 5.74) is 6.53. The van der Waals surface area contributed by atoms with Crippen LogP contribution in [0.4, 0.5) is 0 Å². The van der Waals surface area contributed by atoms with Crippen LogP contribution in [0.15, 0.2) is 36.5 Å². The van der Waals surface area contributed by atoms with Crippen LogP contribution >= 0.6 is 0 Å². The van der Waals surface area contributed by atoms with Gasteiger partial charge in [0.25, 0.3) is 0 Å². The SMILES string of the molecule is Cc1cc(C)c(CN[C@@H](C)c2ccccn2)c(C)c1. The van der Waals surface area contributed by atoms with E-state index < -0.39 is 0 Å². The molecule has 2 aromatic rings. The fourth-order valence-electron chi connectivity index (χ4n) is 2.48. The highest BCUT2D eigenvalue weighted by Crippen LogP contribution is 2.17. The monoisotopic (exact) mass is 254 g/mol. The molecule has 1 aromatic heterocycles. The normalized spacial score (nSPS) is 12.4. The van der Waals surface area contributed by atoms with Gasteiger partial charge in [0.05, 0.1) is 5.69 Å². The number of aryl methyl sites for hydroxylation is 3. The predicted octanol–water partition coefficient (Wildman–Crippen LogP) is 3.86. The quantitative estimate of drug-likeness (QED) is 0.896. The fourth-order valence-corrected chi connectivity index (χ4v) is 2.48. The molecule has 2 rings (SSSR count). The van der Waals surface area contributed by atoms with Crippen LogP contribution in [0.25, 0.3) is 0 Å². The molecule has 19 heavy (non-hydrogen) atoms. The lowest BCUT2D eigenvalue weighted by Crippen LogP contribution is -2.20. The van der Waals surface area contributed by atoms with Gasteiger partial charge in [0, 0.05) is 18.8 Å². The first-order valence-corrected chi connectivity index (χ1v) is 6.79. The summed E-state index contributed by atoms with van der Waals surface area (Å²) in [7, 11) is 0. The second kappa shape index (κ2) is 5.98. The maximum Gasteiger partial charge on any atom is 0.0570 e. The van der Waals surface area contributed by atoms with Gasteiger partial charge in [0.15, 0.2) is 0 Å². The van der Waals surface area contributed by atoms with Crippen molar-refractivity contribution >= 4 is 0 Å². The molecular formula is C17H22N2. The van der Waals surface area contributed by atoms with Crippen LogP contribution in [0.3, 0.4) is 0 Å². The van der Waals surface area contributed by atoms with Gasteiger partial charge in [-0.25, -0.2) is 0 Å². The summed E-state index contributed by atoms with van der Waals surface area (Å²) >= 11 is 0. The Hall–Kier alpha value is -1.67. The molecule has 0 fully saturated rings. The first-order valence-electron chi connectivity index (χ1n) is 6.79. The molecule has 0 amide bonds. The zero-order valence-corrected chi connectivity index (χ0v) is 12.2. The average Bonchev–Trinajstić information content (AvgIpc) is 2.38. The van der Waals surface area contributed by atoms with Crippen LogP contribution in [0.5, 0.6) is 0 Å². The number of nitrogens with zero attached hydrogens (tertiary/aromatic N) is 1. The summed E-state index contributed by atoms with van der Waals surface area (Å²) < 4.78 is 0. The first-order chi connectivity index (χ1) is 9.08. The van der Waals surface area contributed by atoms with Crippen molar-refractivity contribution in [3.63, 3.8) is 0 Å². The molecule has 0 aliphatic rings. The number of nitrogens with one attached hydrogen (secondary N) is 1. The molecule has 0 saturated heterocycles. The van der Waals surface area contributed by atoms with Crippen molar-refractivity contribution in [3.05, 3.63) is 64.5 Å². The number of rotatable bonds is 4. The lowest BCUT2D eigenvalue weighted by atomic mass is 9.99. The van der Waals surface area contributed by atoms with Crippen molar-refractivity contribution in [3.8, 4) is 0 Å². The minimum absolute atomic E-state index is 0.265. The largest absolute Gasteiger partial charge is 0.305 e. The van der Waals surface area contributed by atoms with E-state index in [9.17, 15) is 0 Å². The highest BCUT2D eigenvalue weighted by Gasteiger charge is 2.08. The average molecular weight is 254 g/mol. The van der Waals surface area contributed by atoms with Gasteiger partial charge in [-0.3, -0.25) is 4.98 Å². The van der Waals surface area contributed by atoms with Gasteiger partial charge >= 0.3 is 0 Å².